The second-order valence-electron chi connectivity index (χ2n) is 2.95. The van der Waals surface area contributed by atoms with Crippen molar-refractivity contribution < 1.29 is 4.79 Å². The lowest BCUT2D eigenvalue weighted by molar-refractivity contribution is -0.110. The number of carbonyl (C=O) groups is 1. The minimum Gasteiger partial charge on any atom is -0.303 e. The van der Waals surface area contributed by atoms with Gasteiger partial charge in [0.1, 0.15) is 6.29 Å². The standard InChI is InChI=1S/C10H16O/c1-5-6-10(7-11)9(4)8(2)3/h5,7,10H,1,6H2,2-4H3. The summed E-state index contributed by atoms with van der Waals surface area (Å²) < 4.78 is 0. The summed E-state index contributed by atoms with van der Waals surface area (Å²) in [4.78, 5) is 10.6. The largest absolute Gasteiger partial charge is 0.303 e. The molecule has 0 amide bonds. The van der Waals surface area contributed by atoms with E-state index in [0.29, 0.717) is 0 Å². The quantitative estimate of drug-likeness (QED) is 0.447. The minimum absolute atomic E-state index is 0.0394. The van der Waals surface area contributed by atoms with Crippen molar-refractivity contribution in [3.63, 3.8) is 0 Å². The number of rotatable bonds is 4. The van der Waals surface area contributed by atoms with Gasteiger partial charge >= 0.3 is 0 Å². The third-order valence-electron chi connectivity index (χ3n) is 1.93. The summed E-state index contributed by atoms with van der Waals surface area (Å²) in [7, 11) is 0. The van der Waals surface area contributed by atoms with Gasteiger partial charge in [0, 0.05) is 5.92 Å². The molecule has 62 valence electrons. The van der Waals surface area contributed by atoms with E-state index >= 15 is 0 Å². The zero-order valence-corrected chi connectivity index (χ0v) is 7.55. The van der Waals surface area contributed by atoms with E-state index in [1.165, 1.54) is 11.1 Å². The number of carbonyl (C=O) groups excluding carboxylic acids is 1. The molecule has 1 unspecified atom stereocenters. The first-order valence-electron chi connectivity index (χ1n) is 3.83. The van der Waals surface area contributed by atoms with E-state index in [1.807, 2.05) is 20.8 Å². The lowest BCUT2D eigenvalue weighted by atomic mass is 9.95. The first-order chi connectivity index (χ1) is 5.13. The van der Waals surface area contributed by atoms with Crippen molar-refractivity contribution in [2.45, 2.75) is 27.2 Å². The fourth-order valence-electron chi connectivity index (χ4n) is 0.885. The molecule has 0 spiro atoms. The second-order valence-corrected chi connectivity index (χ2v) is 2.95. The van der Waals surface area contributed by atoms with Crippen molar-refractivity contribution >= 4 is 6.29 Å². The van der Waals surface area contributed by atoms with Crippen LogP contribution in [0.3, 0.4) is 0 Å². The van der Waals surface area contributed by atoms with Crippen LogP contribution >= 0.6 is 0 Å². The van der Waals surface area contributed by atoms with Gasteiger partial charge in [0.15, 0.2) is 0 Å². The van der Waals surface area contributed by atoms with Crippen LogP contribution in [0.15, 0.2) is 23.8 Å². The Bertz CT molecular complexity index is 173. The summed E-state index contributed by atoms with van der Waals surface area (Å²) in [6, 6.07) is 0. The van der Waals surface area contributed by atoms with Gasteiger partial charge in [-0.05, 0) is 27.2 Å². The molecule has 0 aliphatic rings. The van der Waals surface area contributed by atoms with E-state index in [0.717, 1.165) is 12.7 Å². The molecule has 0 fully saturated rings. The van der Waals surface area contributed by atoms with Crippen LogP contribution in [0.1, 0.15) is 27.2 Å². The first kappa shape index (κ1) is 10.2. The lowest BCUT2D eigenvalue weighted by Gasteiger charge is -2.09. The van der Waals surface area contributed by atoms with Crippen LogP contribution in [0.4, 0.5) is 0 Å². The Morgan fingerprint density at radius 1 is 1.45 bits per heavy atom. The Morgan fingerprint density at radius 2 is 2.00 bits per heavy atom. The molecule has 1 atom stereocenters. The number of allylic oxidation sites excluding steroid dienone is 3. The number of hydrogen-bond acceptors (Lipinski definition) is 1. The molecular weight excluding hydrogens is 136 g/mol. The highest BCUT2D eigenvalue weighted by atomic mass is 16.1. The third-order valence-corrected chi connectivity index (χ3v) is 1.93. The molecule has 0 bridgehead atoms. The van der Waals surface area contributed by atoms with Crippen molar-refractivity contribution in [1.82, 2.24) is 0 Å². The highest BCUT2D eigenvalue weighted by Crippen LogP contribution is 2.16. The van der Waals surface area contributed by atoms with E-state index in [4.69, 9.17) is 0 Å². The van der Waals surface area contributed by atoms with Gasteiger partial charge in [-0.3, -0.25) is 0 Å². The predicted molar refractivity (Wildman–Crippen MR) is 48.4 cm³/mol. The van der Waals surface area contributed by atoms with Crippen molar-refractivity contribution in [3.8, 4) is 0 Å². The van der Waals surface area contributed by atoms with Crippen molar-refractivity contribution in [1.29, 1.82) is 0 Å². The van der Waals surface area contributed by atoms with Crippen LogP contribution in [0, 0.1) is 5.92 Å². The summed E-state index contributed by atoms with van der Waals surface area (Å²) in [5.41, 5.74) is 2.39. The molecule has 0 saturated carbocycles. The molecule has 0 heterocycles. The van der Waals surface area contributed by atoms with Gasteiger partial charge in [0.25, 0.3) is 0 Å². The minimum atomic E-state index is 0.0394. The molecule has 0 aromatic rings. The molecule has 0 aliphatic heterocycles. The fourth-order valence-corrected chi connectivity index (χ4v) is 0.885. The van der Waals surface area contributed by atoms with Crippen LogP contribution < -0.4 is 0 Å². The van der Waals surface area contributed by atoms with Crippen molar-refractivity contribution in [2.75, 3.05) is 0 Å². The first-order valence-corrected chi connectivity index (χ1v) is 3.83. The molecule has 1 heteroatoms. The third kappa shape index (κ3) is 3.17. The monoisotopic (exact) mass is 152 g/mol. The summed E-state index contributed by atoms with van der Waals surface area (Å²) in [5.74, 6) is 0.0394. The van der Waals surface area contributed by atoms with Gasteiger partial charge in [0.2, 0.25) is 0 Å². The highest BCUT2D eigenvalue weighted by molar-refractivity contribution is 5.59. The molecule has 0 N–H and O–H groups in total. The molecule has 0 aromatic heterocycles. The molecule has 1 nitrogen and oxygen atoms in total. The molecule has 0 saturated heterocycles. The van der Waals surface area contributed by atoms with E-state index < -0.39 is 0 Å². The van der Waals surface area contributed by atoms with Gasteiger partial charge in [-0.15, -0.1) is 6.58 Å². The molecule has 11 heavy (non-hydrogen) atoms. The Balaban J connectivity index is 4.37. The molecule has 0 aromatic carbocycles. The summed E-state index contributed by atoms with van der Waals surface area (Å²) in [6.45, 7) is 9.65. The van der Waals surface area contributed by atoms with Gasteiger partial charge in [-0.25, -0.2) is 0 Å². The molecular formula is C10H16O. The van der Waals surface area contributed by atoms with Gasteiger partial charge in [-0.2, -0.15) is 0 Å². The maximum absolute atomic E-state index is 10.6. The Morgan fingerprint density at radius 3 is 2.27 bits per heavy atom. The van der Waals surface area contributed by atoms with Crippen LogP contribution in [0.2, 0.25) is 0 Å². The summed E-state index contributed by atoms with van der Waals surface area (Å²) in [5, 5.41) is 0. The number of hydrogen-bond donors (Lipinski definition) is 0. The van der Waals surface area contributed by atoms with Gasteiger partial charge < -0.3 is 4.79 Å². The Kier molecular flexibility index (Phi) is 4.51. The SMILES string of the molecule is C=CCC(C=O)C(C)=C(C)C. The van der Waals surface area contributed by atoms with Crippen molar-refractivity contribution in [3.05, 3.63) is 23.8 Å². The Hall–Kier alpha value is -0.850. The normalized spacial score (nSPS) is 11.9. The maximum Gasteiger partial charge on any atom is 0.127 e. The van der Waals surface area contributed by atoms with E-state index in [9.17, 15) is 4.79 Å². The van der Waals surface area contributed by atoms with Gasteiger partial charge in [0.05, 0.1) is 0 Å². The van der Waals surface area contributed by atoms with Crippen molar-refractivity contribution in [2.24, 2.45) is 5.92 Å². The zero-order valence-electron chi connectivity index (χ0n) is 7.55. The predicted octanol–water partition coefficient (Wildman–Crippen LogP) is 2.73. The summed E-state index contributed by atoms with van der Waals surface area (Å²) in [6.07, 6.45) is 3.52. The van der Waals surface area contributed by atoms with E-state index in [1.54, 1.807) is 6.08 Å². The maximum atomic E-state index is 10.6. The lowest BCUT2D eigenvalue weighted by Crippen LogP contribution is -2.03. The van der Waals surface area contributed by atoms with Crippen LogP contribution in [-0.4, -0.2) is 6.29 Å². The van der Waals surface area contributed by atoms with Crippen LogP contribution in [0.5, 0.6) is 0 Å². The molecule has 0 radical (unpaired) electrons. The summed E-state index contributed by atoms with van der Waals surface area (Å²) >= 11 is 0. The Labute approximate surface area is 68.8 Å². The van der Waals surface area contributed by atoms with Gasteiger partial charge in [-0.1, -0.05) is 17.2 Å². The van der Waals surface area contributed by atoms with E-state index in [2.05, 4.69) is 6.58 Å². The van der Waals surface area contributed by atoms with Crippen LogP contribution in [0.25, 0.3) is 0 Å². The highest BCUT2D eigenvalue weighted by Gasteiger charge is 2.07. The molecule has 0 rings (SSSR count). The smallest absolute Gasteiger partial charge is 0.127 e. The van der Waals surface area contributed by atoms with Crippen LogP contribution in [-0.2, 0) is 4.79 Å². The van der Waals surface area contributed by atoms with E-state index in [-0.39, 0.29) is 5.92 Å². The topological polar surface area (TPSA) is 17.1 Å². The number of aldehydes is 1. The average Bonchev–Trinajstić information content (AvgIpc) is 1.98. The second kappa shape index (κ2) is 4.89. The average molecular weight is 152 g/mol. The molecule has 0 aliphatic carbocycles. The fraction of sp³-hybridized carbons (Fsp3) is 0.500. The zero-order chi connectivity index (χ0) is 8.85.